The number of hydrogen-bond donors (Lipinski definition) is 2. The molecule has 0 aromatic carbocycles. The van der Waals surface area contributed by atoms with Crippen LogP contribution in [-0.4, -0.2) is 36.5 Å². The SMILES string of the molecule is COCCNCc1nnc(NC(C)CCc2ccco2)o1. The van der Waals surface area contributed by atoms with E-state index in [0.717, 1.165) is 25.1 Å². The van der Waals surface area contributed by atoms with Crippen molar-refractivity contribution in [1.82, 2.24) is 15.5 Å². The van der Waals surface area contributed by atoms with Crippen LogP contribution in [0, 0.1) is 0 Å². The van der Waals surface area contributed by atoms with Crippen LogP contribution in [0.4, 0.5) is 6.01 Å². The van der Waals surface area contributed by atoms with E-state index in [9.17, 15) is 0 Å². The molecular formula is C14H22N4O3. The smallest absolute Gasteiger partial charge is 0.315 e. The van der Waals surface area contributed by atoms with E-state index in [-0.39, 0.29) is 6.04 Å². The Labute approximate surface area is 124 Å². The van der Waals surface area contributed by atoms with E-state index in [0.29, 0.717) is 25.1 Å². The summed E-state index contributed by atoms with van der Waals surface area (Å²) in [6.07, 6.45) is 3.49. The van der Waals surface area contributed by atoms with Crippen LogP contribution in [0.5, 0.6) is 0 Å². The molecule has 0 radical (unpaired) electrons. The molecule has 7 nitrogen and oxygen atoms in total. The van der Waals surface area contributed by atoms with E-state index in [1.807, 2.05) is 12.1 Å². The van der Waals surface area contributed by atoms with Crippen molar-refractivity contribution in [2.45, 2.75) is 32.4 Å². The van der Waals surface area contributed by atoms with Gasteiger partial charge in [0.15, 0.2) is 0 Å². The van der Waals surface area contributed by atoms with Gasteiger partial charge in [-0.15, -0.1) is 5.10 Å². The number of hydrogen-bond acceptors (Lipinski definition) is 7. The molecular weight excluding hydrogens is 272 g/mol. The normalized spacial score (nSPS) is 12.5. The summed E-state index contributed by atoms with van der Waals surface area (Å²) in [6, 6.07) is 4.55. The largest absolute Gasteiger partial charge is 0.469 e. The highest BCUT2D eigenvalue weighted by Crippen LogP contribution is 2.11. The third kappa shape index (κ3) is 5.57. The first kappa shape index (κ1) is 15.5. The zero-order valence-corrected chi connectivity index (χ0v) is 12.5. The maximum Gasteiger partial charge on any atom is 0.315 e. The highest BCUT2D eigenvalue weighted by Gasteiger charge is 2.09. The number of furan rings is 1. The van der Waals surface area contributed by atoms with Crippen molar-refractivity contribution in [3.05, 3.63) is 30.0 Å². The van der Waals surface area contributed by atoms with Gasteiger partial charge >= 0.3 is 6.01 Å². The lowest BCUT2D eigenvalue weighted by atomic mass is 10.1. The predicted octanol–water partition coefficient (Wildman–Crippen LogP) is 1.83. The fourth-order valence-electron chi connectivity index (χ4n) is 1.85. The molecule has 7 heteroatoms. The van der Waals surface area contributed by atoms with Gasteiger partial charge in [0.2, 0.25) is 5.89 Å². The molecule has 0 saturated heterocycles. The van der Waals surface area contributed by atoms with Crippen LogP contribution in [0.1, 0.15) is 25.0 Å². The molecule has 2 aromatic rings. The number of aryl methyl sites for hydroxylation is 1. The molecule has 0 aliphatic rings. The Balaban J connectivity index is 1.68. The maximum atomic E-state index is 5.51. The molecule has 0 bridgehead atoms. The van der Waals surface area contributed by atoms with Crippen molar-refractivity contribution in [2.75, 3.05) is 25.6 Å². The molecule has 0 amide bonds. The number of anilines is 1. The number of nitrogens with one attached hydrogen (secondary N) is 2. The molecule has 0 saturated carbocycles. The van der Waals surface area contributed by atoms with E-state index in [1.54, 1.807) is 13.4 Å². The number of methoxy groups -OCH3 is 1. The van der Waals surface area contributed by atoms with Crippen molar-refractivity contribution in [3.8, 4) is 0 Å². The van der Waals surface area contributed by atoms with Gasteiger partial charge in [0.05, 0.1) is 19.4 Å². The minimum absolute atomic E-state index is 0.227. The molecule has 2 rings (SSSR count). The Morgan fingerprint density at radius 3 is 3.05 bits per heavy atom. The lowest BCUT2D eigenvalue weighted by Crippen LogP contribution is -2.18. The lowest BCUT2D eigenvalue weighted by molar-refractivity contribution is 0.198. The van der Waals surface area contributed by atoms with Gasteiger partial charge in [-0.1, -0.05) is 5.10 Å². The second-order valence-electron chi connectivity index (χ2n) is 4.83. The van der Waals surface area contributed by atoms with Crippen LogP contribution in [-0.2, 0) is 17.7 Å². The quantitative estimate of drug-likeness (QED) is 0.646. The summed E-state index contributed by atoms with van der Waals surface area (Å²) >= 11 is 0. The summed E-state index contributed by atoms with van der Waals surface area (Å²) in [5.41, 5.74) is 0. The van der Waals surface area contributed by atoms with Gasteiger partial charge in [-0.2, -0.15) is 0 Å². The first-order chi connectivity index (χ1) is 10.3. The van der Waals surface area contributed by atoms with E-state index in [1.165, 1.54) is 0 Å². The Hall–Kier alpha value is -1.86. The molecule has 2 aromatic heterocycles. The summed E-state index contributed by atoms with van der Waals surface area (Å²) < 4.78 is 15.8. The van der Waals surface area contributed by atoms with Crippen molar-refractivity contribution >= 4 is 6.01 Å². The van der Waals surface area contributed by atoms with Gasteiger partial charge in [0.1, 0.15) is 5.76 Å². The third-order valence-corrected chi connectivity index (χ3v) is 3.00. The molecule has 0 aliphatic carbocycles. The van der Waals surface area contributed by atoms with Crippen LogP contribution in [0.15, 0.2) is 27.2 Å². The summed E-state index contributed by atoms with van der Waals surface area (Å²) in [4.78, 5) is 0. The zero-order valence-electron chi connectivity index (χ0n) is 12.5. The van der Waals surface area contributed by atoms with Gasteiger partial charge in [-0.25, -0.2) is 0 Å². The maximum absolute atomic E-state index is 5.51. The van der Waals surface area contributed by atoms with Crippen LogP contribution >= 0.6 is 0 Å². The van der Waals surface area contributed by atoms with Crippen LogP contribution in [0.3, 0.4) is 0 Å². The highest BCUT2D eigenvalue weighted by atomic mass is 16.5. The van der Waals surface area contributed by atoms with Crippen molar-refractivity contribution in [3.63, 3.8) is 0 Å². The van der Waals surface area contributed by atoms with E-state index >= 15 is 0 Å². The first-order valence-electron chi connectivity index (χ1n) is 7.09. The molecule has 2 N–H and O–H groups in total. The minimum atomic E-state index is 0.227. The van der Waals surface area contributed by atoms with Crippen LogP contribution in [0.2, 0.25) is 0 Å². The highest BCUT2D eigenvalue weighted by molar-refractivity contribution is 5.19. The number of rotatable bonds is 10. The monoisotopic (exact) mass is 294 g/mol. The summed E-state index contributed by atoms with van der Waals surface area (Å²) in [5, 5.41) is 14.3. The van der Waals surface area contributed by atoms with Crippen LogP contribution in [0.25, 0.3) is 0 Å². The van der Waals surface area contributed by atoms with Gasteiger partial charge in [-0.3, -0.25) is 0 Å². The molecule has 0 spiro atoms. The van der Waals surface area contributed by atoms with Crippen molar-refractivity contribution < 1.29 is 13.6 Å². The second kappa shape index (κ2) is 8.43. The van der Waals surface area contributed by atoms with E-state index < -0.39 is 0 Å². The molecule has 0 fully saturated rings. The zero-order chi connectivity index (χ0) is 14.9. The van der Waals surface area contributed by atoms with Crippen LogP contribution < -0.4 is 10.6 Å². The van der Waals surface area contributed by atoms with Gasteiger partial charge in [0, 0.05) is 26.1 Å². The predicted molar refractivity (Wildman–Crippen MR) is 78.0 cm³/mol. The minimum Gasteiger partial charge on any atom is -0.469 e. The molecule has 2 heterocycles. The first-order valence-corrected chi connectivity index (χ1v) is 7.09. The topological polar surface area (TPSA) is 85.4 Å². The molecule has 21 heavy (non-hydrogen) atoms. The summed E-state index contributed by atoms with van der Waals surface area (Å²) in [6.45, 7) is 4.02. The molecule has 116 valence electrons. The van der Waals surface area contributed by atoms with E-state index in [4.69, 9.17) is 13.6 Å². The van der Waals surface area contributed by atoms with Gasteiger partial charge in [-0.05, 0) is 25.5 Å². The fraction of sp³-hybridized carbons (Fsp3) is 0.571. The standard InChI is InChI=1S/C14H22N4O3/c1-11(5-6-12-4-3-8-20-12)16-14-18-17-13(21-14)10-15-7-9-19-2/h3-4,8,11,15H,5-7,9-10H2,1-2H3,(H,16,18). The Morgan fingerprint density at radius 2 is 2.29 bits per heavy atom. The van der Waals surface area contributed by atoms with E-state index in [2.05, 4.69) is 27.8 Å². The molecule has 1 unspecified atom stereocenters. The van der Waals surface area contributed by atoms with Gasteiger partial charge in [0.25, 0.3) is 0 Å². The van der Waals surface area contributed by atoms with Gasteiger partial charge < -0.3 is 24.2 Å². The lowest BCUT2D eigenvalue weighted by Gasteiger charge is -2.10. The number of nitrogens with zero attached hydrogens (tertiary/aromatic N) is 2. The Morgan fingerprint density at radius 1 is 1.38 bits per heavy atom. The fourth-order valence-corrected chi connectivity index (χ4v) is 1.85. The molecule has 0 aliphatic heterocycles. The average molecular weight is 294 g/mol. The summed E-state index contributed by atoms with van der Waals surface area (Å²) in [5.74, 6) is 1.55. The Bertz CT molecular complexity index is 498. The Kier molecular flexibility index (Phi) is 6.23. The summed E-state index contributed by atoms with van der Waals surface area (Å²) in [7, 11) is 1.67. The third-order valence-electron chi connectivity index (χ3n) is 3.00. The number of aromatic nitrogens is 2. The second-order valence-corrected chi connectivity index (χ2v) is 4.83. The van der Waals surface area contributed by atoms with Crippen molar-refractivity contribution in [2.24, 2.45) is 0 Å². The molecule has 1 atom stereocenters. The van der Waals surface area contributed by atoms with Crippen molar-refractivity contribution in [1.29, 1.82) is 0 Å². The average Bonchev–Trinajstić information content (AvgIpc) is 3.13. The number of ether oxygens (including phenoxy) is 1.